The van der Waals surface area contributed by atoms with Crippen molar-refractivity contribution in [1.82, 2.24) is 15.3 Å². The fraction of sp³-hybridized carbons (Fsp3) is 0.312. The van der Waals surface area contributed by atoms with Gasteiger partial charge in [-0.15, -0.1) is 0 Å². The standard InChI is InChI=1S/C16H17F3N4O/c1-11(12-3-5-13(6-4-12)16(17,18)19)23-14(24)7-10-22-15-20-8-2-9-21-15/h2-6,8-9,11H,7,10H2,1H3,(H,23,24)(H,20,21,22)/t11-/m1/s1. The highest BCUT2D eigenvalue weighted by atomic mass is 19.4. The van der Waals surface area contributed by atoms with Crippen LogP contribution in [-0.2, 0) is 11.0 Å². The van der Waals surface area contributed by atoms with E-state index in [0.717, 1.165) is 12.1 Å². The largest absolute Gasteiger partial charge is 0.416 e. The van der Waals surface area contributed by atoms with Crippen LogP contribution in [0.5, 0.6) is 0 Å². The molecule has 5 nitrogen and oxygen atoms in total. The molecule has 0 fully saturated rings. The summed E-state index contributed by atoms with van der Waals surface area (Å²) in [7, 11) is 0. The summed E-state index contributed by atoms with van der Waals surface area (Å²) in [5.41, 5.74) is -0.104. The van der Waals surface area contributed by atoms with Crippen molar-refractivity contribution in [3.8, 4) is 0 Å². The number of carbonyl (C=O) groups excluding carboxylic acids is 1. The SMILES string of the molecule is C[C@@H](NC(=O)CCNc1ncccn1)c1ccc(C(F)(F)F)cc1. The summed E-state index contributed by atoms with van der Waals surface area (Å²) in [5.74, 6) is 0.215. The molecule has 24 heavy (non-hydrogen) atoms. The van der Waals surface area contributed by atoms with E-state index in [9.17, 15) is 18.0 Å². The van der Waals surface area contributed by atoms with E-state index in [0.29, 0.717) is 18.1 Å². The van der Waals surface area contributed by atoms with Crippen LogP contribution < -0.4 is 10.6 Å². The summed E-state index contributed by atoms with van der Waals surface area (Å²) < 4.78 is 37.6. The number of hydrogen-bond donors (Lipinski definition) is 2. The molecule has 1 heterocycles. The first kappa shape index (κ1) is 17.7. The highest BCUT2D eigenvalue weighted by molar-refractivity contribution is 5.76. The van der Waals surface area contributed by atoms with Crippen LogP contribution in [0.25, 0.3) is 0 Å². The van der Waals surface area contributed by atoms with Crippen molar-refractivity contribution in [2.24, 2.45) is 0 Å². The van der Waals surface area contributed by atoms with Crippen LogP contribution in [0.4, 0.5) is 19.1 Å². The Hall–Kier alpha value is -2.64. The zero-order valence-electron chi connectivity index (χ0n) is 13.0. The van der Waals surface area contributed by atoms with E-state index >= 15 is 0 Å². The third-order valence-electron chi connectivity index (χ3n) is 3.32. The molecule has 2 rings (SSSR count). The minimum Gasteiger partial charge on any atom is -0.354 e. The van der Waals surface area contributed by atoms with Crippen LogP contribution in [0.15, 0.2) is 42.7 Å². The monoisotopic (exact) mass is 338 g/mol. The molecule has 1 atom stereocenters. The van der Waals surface area contributed by atoms with Gasteiger partial charge in [-0.25, -0.2) is 9.97 Å². The van der Waals surface area contributed by atoms with Crippen molar-refractivity contribution in [1.29, 1.82) is 0 Å². The van der Waals surface area contributed by atoms with Gasteiger partial charge in [-0.3, -0.25) is 4.79 Å². The van der Waals surface area contributed by atoms with Crippen LogP contribution in [0.3, 0.4) is 0 Å². The zero-order chi connectivity index (χ0) is 17.6. The van der Waals surface area contributed by atoms with E-state index in [1.54, 1.807) is 25.4 Å². The Morgan fingerprint density at radius 3 is 2.38 bits per heavy atom. The number of nitrogens with zero attached hydrogens (tertiary/aromatic N) is 2. The molecule has 0 unspecified atom stereocenters. The van der Waals surface area contributed by atoms with Crippen molar-refractivity contribution in [2.45, 2.75) is 25.6 Å². The second-order valence-electron chi connectivity index (χ2n) is 5.16. The van der Waals surface area contributed by atoms with Crippen molar-refractivity contribution in [2.75, 3.05) is 11.9 Å². The lowest BCUT2D eigenvalue weighted by molar-refractivity contribution is -0.137. The number of anilines is 1. The predicted octanol–water partition coefficient (Wildman–Crippen LogP) is 3.17. The van der Waals surface area contributed by atoms with Gasteiger partial charge in [0.1, 0.15) is 0 Å². The number of alkyl halides is 3. The molecule has 0 aliphatic rings. The van der Waals surface area contributed by atoms with Gasteiger partial charge in [0, 0.05) is 25.4 Å². The first-order chi connectivity index (χ1) is 11.4. The predicted molar refractivity (Wildman–Crippen MR) is 83.1 cm³/mol. The first-order valence-electron chi connectivity index (χ1n) is 7.33. The molecule has 0 bridgehead atoms. The van der Waals surface area contributed by atoms with E-state index in [4.69, 9.17) is 0 Å². The average Bonchev–Trinajstić information content (AvgIpc) is 2.55. The van der Waals surface area contributed by atoms with Gasteiger partial charge >= 0.3 is 6.18 Å². The maximum atomic E-state index is 12.5. The number of nitrogens with one attached hydrogen (secondary N) is 2. The van der Waals surface area contributed by atoms with Crippen LogP contribution in [0, 0.1) is 0 Å². The van der Waals surface area contributed by atoms with Gasteiger partial charge in [-0.1, -0.05) is 12.1 Å². The minimum atomic E-state index is -4.36. The van der Waals surface area contributed by atoms with Crippen LogP contribution in [0.2, 0.25) is 0 Å². The average molecular weight is 338 g/mol. The summed E-state index contributed by atoms with van der Waals surface area (Å²) in [6.45, 7) is 2.07. The highest BCUT2D eigenvalue weighted by Gasteiger charge is 2.30. The molecule has 2 N–H and O–H groups in total. The summed E-state index contributed by atoms with van der Waals surface area (Å²) in [6, 6.07) is 6.04. The number of carbonyl (C=O) groups is 1. The molecular formula is C16H17F3N4O. The van der Waals surface area contributed by atoms with Crippen molar-refractivity contribution < 1.29 is 18.0 Å². The lowest BCUT2D eigenvalue weighted by Gasteiger charge is -2.15. The van der Waals surface area contributed by atoms with E-state index in [1.807, 2.05) is 0 Å². The number of aromatic nitrogens is 2. The van der Waals surface area contributed by atoms with Crippen molar-refractivity contribution in [3.05, 3.63) is 53.9 Å². The van der Waals surface area contributed by atoms with E-state index in [1.165, 1.54) is 12.1 Å². The molecule has 1 amide bonds. The normalized spacial score (nSPS) is 12.5. The van der Waals surface area contributed by atoms with Crippen LogP contribution in [-0.4, -0.2) is 22.4 Å². The van der Waals surface area contributed by atoms with Gasteiger partial charge in [-0.05, 0) is 30.7 Å². The third kappa shape index (κ3) is 5.22. The molecule has 128 valence electrons. The van der Waals surface area contributed by atoms with Gasteiger partial charge in [0.2, 0.25) is 11.9 Å². The lowest BCUT2D eigenvalue weighted by Crippen LogP contribution is -2.28. The summed E-state index contributed by atoms with van der Waals surface area (Å²) >= 11 is 0. The molecule has 1 aromatic carbocycles. The molecular weight excluding hydrogens is 321 g/mol. The summed E-state index contributed by atoms with van der Waals surface area (Å²) in [4.78, 5) is 19.8. The van der Waals surface area contributed by atoms with E-state index < -0.39 is 11.7 Å². The Kier molecular flexibility index (Phi) is 5.73. The lowest BCUT2D eigenvalue weighted by atomic mass is 10.1. The first-order valence-corrected chi connectivity index (χ1v) is 7.33. The Labute approximate surface area is 137 Å². The molecule has 0 saturated heterocycles. The Morgan fingerprint density at radius 1 is 1.17 bits per heavy atom. The van der Waals surface area contributed by atoms with Crippen molar-refractivity contribution in [3.63, 3.8) is 0 Å². The fourth-order valence-corrected chi connectivity index (χ4v) is 2.04. The molecule has 1 aromatic heterocycles. The Morgan fingerprint density at radius 2 is 1.79 bits per heavy atom. The number of hydrogen-bond acceptors (Lipinski definition) is 4. The molecule has 2 aromatic rings. The number of halogens is 3. The van der Waals surface area contributed by atoms with Crippen LogP contribution >= 0.6 is 0 Å². The third-order valence-corrected chi connectivity index (χ3v) is 3.32. The summed E-state index contributed by atoms with van der Waals surface area (Å²) in [5, 5.41) is 5.64. The second kappa shape index (κ2) is 7.76. The maximum absolute atomic E-state index is 12.5. The molecule has 0 spiro atoms. The van der Waals surface area contributed by atoms with Gasteiger partial charge < -0.3 is 10.6 Å². The fourth-order valence-electron chi connectivity index (χ4n) is 2.04. The molecule has 8 heteroatoms. The number of benzene rings is 1. The molecule has 0 radical (unpaired) electrons. The van der Waals surface area contributed by atoms with E-state index in [2.05, 4.69) is 20.6 Å². The summed E-state index contributed by atoms with van der Waals surface area (Å²) in [6.07, 6.45) is -0.996. The van der Waals surface area contributed by atoms with Gasteiger partial charge in [0.25, 0.3) is 0 Å². The highest BCUT2D eigenvalue weighted by Crippen LogP contribution is 2.29. The Bertz CT molecular complexity index is 659. The topological polar surface area (TPSA) is 66.9 Å². The zero-order valence-corrected chi connectivity index (χ0v) is 13.0. The molecule has 0 saturated carbocycles. The quantitative estimate of drug-likeness (QED) is 0.849. The smallest absolute Gasteiger partial charge is 0.354 e. The number of amides is 1. The Balaban J connectivity index is 1.80. The molecule has 0 aliphatic carbocycles. The second-order valence-corrected chi connectivity index (χ2v) is 5.16. The van der Waals surface area contributed by atoms with Gasteiger partial charge in [0.15, 0.2) is 0 Å². The maximum Gasteiger partial charge on any atom is 0.416 e. The van der Waals surface area contributed by atoms with Crippen molar-refractivity contribution >= 4 is 11.9 Å². The van der Waals surface area contributed by atoms with E-state index in [-0.39, 0.29) is 18.4 Å². The van der Waals surface area contributed by atoms with Gasteiger partial charge in [0.05, 0.1) is 11.6 Å². The number of rotatable bonds is 6. The molecule has 0 aliphatic heterocycles. The van der Waals surface area contributed by atoms with Gasteiger partial charge in [-0.2, -0.15) is 13.2 Å². The van der Waals surface area contributed by atoms with Crippen LogP contribution in [0.1, 0.15) is 30.5 Å². The minimum absolute atomic E-state index is 0.198.